The third-order valence-corrected chi connectivity index (χ3v) is 12.2. The number of nitrogens with one attached hydrogen (secondary N) is 1. The van der Waals surface area contributed by atoms with Gasteiger partial charge in [-0.15, -0.1) is 0 Å². The highest BCUT2D eigenvalue weighted by molar-refractivity contribution is 5.69. The number of esters is 1. The summed E-state index contributed by atoms with van der Waals surface area (Å²) in [6, 6.07) is 0.634. The number of carbonyl (C=O) groups excluding carboxylic acids is 1. The van der Waals surface area contributed by atoms with Crippen molar-refractivity contribution in [3.05, 3.63) is 0 Å². The summed E-state index contributed by atoms with van der Waals surface area (Å²) in [6.07, 6.45) is 43.4. The molecule has 1 heterocycles. The predicted molar refractivity (Wildman–Crippen MR) is 250 cm³/mol. The molecule has 0 radical (unpaired) electrons. The standard InChI is InChI=1S/C46H90O4.C4H11N.CH2O2/c1-6-11-24-32-42(33-25-12-7-2)34-28-20-16-15-17-21-29-37-46(49-41-44(10-5)50-46)38-30-22-18-19-23-31-39-48-45(47)40-43(35-26-13-8-3)36-27-14-9-4;1-4(2)5-3;2-1-3/h42-44H,6-41H2,1-5H3;4-5H,1-3H3;1H,(H,2,3). The van der Waals surface area contributed by atoms with E-state index in [0.717, 1.165) is 44.6 Å². The SMILES string of the molecule is CCCCCC(CCCCC)CCCCCCCCCC1(CCCCCCCCOC(=O)CC(CCCCC)CCCCC)OCC(CC)O1.CNC(C)C.O=CO. The zero-order chi connectivity index (χ0) is 43.4. The van der Waals surface area contributed by atoms with E-state index in [1.807, 2.05) is 7.05 Å². The van der Waals surface area contributed by atoms with Crippen LogP contribution in [0.2, 0.25) is 0 Å². The largest absolute Gasteiger partial charge is 0.483 e. The van der Waals surface area contributed by atoms with Crippen LogP contribution in [0.4, 0.5) is 0 Å². The first-order chi connectivity index (χ1) is 28.2. The summed E-state index contributed by atoms with van der Waals surface area (Å²) in [4.78, 5) is 20.9. The molecule has 7 heteroatoms. The molecule has 1 fully saturated rings. The van der Waals surface area contributed by atoms with Crippen molar-refractivity contribution in [2.45, 2.75) is 285 Å². The van der Waals surface area contributed by atoms with Crippen LogP contribution >= 0.6 is 0 Å². The highest BCUT2D eigenvalue weighted by Gasteiger charge is 2.39. The van der Waals surface area contributed by atoms with Crippen LogP contribution in [0.15, 0.2) is 0 Å². The molecule has 0 bridgehead atoms. The van der Waals surface area contributed by atoms with Gasteiger partial charge in [0.05, 0.1) is 19.3 Å². The zero-order valence-electron chi connectivity index (χ0n) is 40.3. The molecular formula is C51H103NO6. The lowest BCUT2D eigenvalue weighted by atomic mass is 9.90. The van der Waals surface area contributed by atoms with E-state index in [1.54, 1.807) is 0 Å². The first kappa shape index (κ1) is 58.9. The first-order valence-electron chi connectivity index (χ1n) is 25.4. The summed E-state index contributed by atoms with van der Waals surface area (Å²) in [6.45, 7) is 16.7. The number of hydrogen-bond acceptors (Lipinski definition) is 6. The lowest BCUT2D eigenvalue weighted by molar-refractivity contribution is -0.179. The second kappa shape index (κ2) is 45.3. The molecule has 7 nitrogen and oxygen atoms in total. The van der Waals surface area contributed by atoms with Gasteiger partial charge in [-0.2, -0.15) is 0 Å². The summed E-state index contributed by atoms with van der Waals surface area (Å²) in [5.41, 5.74) is 0. The maximum absolute atomic E-state index is 12.5. The average molecular weight is 826 g/mol. The molecule has 2 N–H and O–H groups in total. The van der Waals surface area contributed by atoms with Crippen LogP contribution in [-0.2, 0) is 23.8 Å². The van der Waals surface area contributed by atoms with Gasteiger partial charge < -0.3 is 24.6 Å². The minimum atomic E-state index is -0.329. The smallest absolute Gasteiger partial charge is 0.306 e. The first-order valence-corrected chi connectivity index (χ1v) is 25.4. The Hall–Kier alpha value is -1.18. The summed E-state index contributed by atoms with van der Waals surface area (Å²) in [7, 11) is 1.95. The highest BCUT2D eigenvalue weighted by atomic mass is 16.7. The molecule has 0 amide bonds. The maximum atomic E-state index is 12.5. The van der Waals surface area contributed by atoms with Gasteiger partial charge in [-0.25, -0.2) is 0 Å². The molecule has 1 aliphatic heterocycles. The molecule has 0 spiro atoms. The minimum Gasteiger partial charge on any atom is -0.483 e. The molecule has 0 aromatic rings. The molecule has 58 heavy (non-hydrogen) atoms. The average Bonchev–Trinajstić information content (AvgIpc) is 3.63. The second-order valence-corrected chi connectivity index (χ2v) is 17.9. The maximum Gasteiger partial charge on any atom is 0.306 e. The molecule has 1 rings (SSSR count). The van der Waals surface area contributed by atoms with Gasteiger partial charge in [-0.05, 0) is 57.4 Å². The van der Waals surface area contributed by atoms with Gasteiger partial charge in [0, 0.05) is 25.3 Å². The Bertz CT molecular complexity index is 820. The van der Waals surface area contributed by atoms with E-state index in [1.165, 1.54) is 180 Å². The van der Waals surface area contributed by atoms with Gasteiger partial charge in [0.25, 0.3) is 6.47 Å². The molecule has 2 unspecified atom stereocenters. The van der Waals surface area contributed by atoms with Gasteiger partial charge in [-0.3, -0.25) is 9.59 Å². The van der Waals surface area contributed by atoms with Crippen molar-refractivity contribution in [1.29, 1.82) is 0 Å². The van der Waals surface area contributed by atoms with Gasteiger partial charge >= 0.3 is 5.97 Å². The van der Waals surface area contributed by atoms with Crippen molar-refractivity contribution in [2.75, 3.05) is 20.3 Å². The van der Waals surface area contributed by atoms with Gasteiger partial charge in [-0.1, -0.05) is 209 Å². The van der Waals surface area contributed by atoms with Crippen LogP contribution in [-0.4, -0.2) is 55.7 Å². The molecule has 0 aliphatic carbocycles. The molecular weight excluding hydrogens is 723 g/mol. The Morgan fingerprint density at radius 2 is 1.00 bits per heavy atom. The lowest BCUT2D eigenvalue weighted by Crippen LogP contribution is -2.31. The summed E-state index contributed by atoms with van der Waals surface area (Å²) >= 11 is 0. The van der Waals surface area contributed by atoms with Crippen molar-refractivity contribution in [2.24, 2.45) is 11.8 Å². The molecule has 1 aliphatic rings. The highest BCUT2D eigenvalue weighted by Crippen LogP contribution is 2.35. The molecule has 1 saturated heterocycles. The van der Waals surface area contributed by atoms with Crippen molar-refractivity contribution in [3.8, 4) is 0 Å². The van der Waals surface area contributed by atoms with E-state index < -0.39 is 0 Å². The van der Waals surface area contributed by atoms with Crippen LogP contribution < -0.4 is 5.32 Å². The number of carboxylic acid groups (broad SMARTS) is 1. The molecule has 2 atom stereocenters. The Balaban J connectivity index is 0. The van der Waals surface area contributed by atoms with E-state index >= 15 is 0 Å². The van der Waals surface area contributed by atoms with Gasteiger partial charge in [0.1, 0.15) is 0 Å². The third-order valence-electron chi connectivity index (χ3n) is 12.2. The normalized spacial score (nSPS) is 16.4. The predicted octanol–water partition coefficient (Wildman–Crippen LogP) is 15.6. The van der Waals surface area contributed by atoms with E-state index in [2.05, 4.69) is 53.8 Å². The number of hydrogen-bond donors (Lipinski definition) is 2. The van der Waals surface area contributed by atoms with Crippen LogP contribution in [0.1, 0.15) is 267 Å². The lowest BCUT2D eigenvalue weighted by Gasteiger charge is -2.28. The Morgan fingerprint density at radius 3 is 1.38 bits per heavy atom. The fourth-order valence-electron chi connectivity index (χ4n) is 8.11. The van der Waals surface area contributed by atoms with E-state index in [9.17, 15) is 4.79 Å². The van der Waals surface area contributed by atoms with E-state index in [-0.39, 0.29) is 24.3 Å². The van der Waals surface area contributed by atoms with Crippen molar-refractivity contribution in [1.82, 2.24) is 5.32 Å². The van der Waals surface area contributed by atoms with Crippen LogP contribution in [0.5, 0.6) is 0 Å². The fraction of sp³-hybridized carbons (Fsp3) is 0.961. The molecule has 348 valence electrons. The molecule has 0 aromatic heterocycles. The molecule has 0 saturated carbocycles. The fourth-order valence-corrected chi connectivity index (χ4v) is 8.11. The summed E-state index contributed by atoms with van der Waals surface area (Å²) in [5.74, 6) is 1.21. The zero-order valence-corrected chi connectivity index (χ0v) is 40.3. The Morgan fingerprint density at radius 1 is 0.638 bits per heavy atom. The van der Waals surface area contributed by atoms with Crippen molar-refractivity contribution >= 4 is 12.4 Å². The third kappa shape index (κ3) is 39.0. The van der Waals surface area contributed by atoms with Crippen molar-refractivity contribution < 1.29 is 28.9 Å². The minimum absolute atomic E-state index is 0.0323. The number of unbranched alkanes of at least 4 members (excludes halogenated alkanes) is 19. The Labute approximate surface area is 362 Å². The number of carbonyl (C=O) groups is 2. The quantitative estimate of drug-likeness (QED) is 0.0362. The van der Waals surface area contributed by atoms with Crippen LogP contribution in [0, 0.1) is 11.8 Å². The Kier molecular flexibility index (Phi) is 46.1. The summed E-state index contributed by atoms with van der Waals surface area (Å²) < 4.78 is 18.6. The summed E-state index contributed by atoms with van der Waals surface area (Å²) in [5, 5.41) is 9.92. The van der Waals surface area contributed by atoms with Crippen molar-refractivity contribution in [3.63, 3.8) is 0 Å². The van der Waals surface area contributed by atoms with Gasteiger partial charge in [0.15, 0.2) is 5.79 Å². The van der Waals surface area contributed by atoms with E-state index in [0.29, 0.717) is 25.0 Å². The number of ether oxygens (including phenoxy) is 3. The molecule has 0 aromatic carbocycles. The van der Waals surface area contributed by atoms with E-state index in [4.69, 9.17) is 24.1 Å². The second-order valence-electron chi connectivity index (χ2n) is 17.9. The number of rotatable bonds is 39. The van der Waals surface area contributed by atoms with Crippen LogP contribution in [0.3, 0.4) is 0 Å². The topological polar surface area (TPSA) is 94.1 Å². The van der Waals surface area contributed by atoms with Gasteiger partial charge in [0.2, 0.25) is 0 Å². The monoisotopic (exact) mass is 826 g/mol. The van der Waals surface area contributed by atoms with Crippen LogP contribution in [0.25, 0.3) is 0 Å².